The van der Waals surface area contributed by atoms with Crippen LogP contribution in [0.3, 0.4) is 0 Å². The molecule has 0 aliphatic carbocycles. The van der Waals surface area contributed by atoms with Gasteiger partial charge < -0.3 is 19.2 Å². The second-order valence-corrected chi connectivity index (χ2v) is 7.37. The van der Waals surface area contributed by atoms with E-state index in [0.717, 1.165) is 28.6 Å². The summed E-state index contributed by atoms with van der Waals surface area (Å²) in [7, 11) is 1.29. The minimum atomic E-state index is -0.524. The maximum atomic E-state index is 12.2. The van der Waals surface area contributed by atoms with Crippen LogP contribution in [0.4, 0.5) is 5.69 Å². The monoisotopic (exact) mass is 427 g/mol. The number of thioether (sulfide) groups is 1. The van der Waals surface area contributed by atoms with E-state index in [1.165, 1.54) is 7.11 Å². The molecule has 0 radical (unpaired) electrons. The standard InChI is InChI=1S/C21H21N3O5S/c1-13-8-14(2)10-15(9-13)28-11-19-23-24-21(29-19)30-12-18(25)22-17-7-5-4-6-16(17)20(26)27-3/h4-10H,11-12H2,1-3H3,(H,22,25). The summed E-state index contributed by atoms with van der Waals surface area (Å²) >= 11 is 1.09. The highest BCUT2D eigenvalue weighted by atomic mass is 32.2. The SMILES string of the molecule is COC(=O)c1ccccc1NC(=O)CSc1nnc(COc2cc(C)cc(C)c2)o1. The summed E-state index contributed by atoms with van der Waals surface area (Å²) < 4.78 is 15.9. The van der Waals surface area contributed by atoms with Crippen molar-refractivity contribution in [3.63, 3.8) is 0 Å². The summed E-state index contributed by atoms with van der Waals surface area (Å²) in [5, 5.41) is 10.8. The van der Waals surface area contributed by atoms with Gasteiger partial charge in [0.15, 0.2) is 6.61 Å². The number of carbonyl (C=O) groups excluding carboxylic acids is 2. The second-order valence-electron chi connectivity index (χ2n) is 6.45. The lowest BCUT2D eigenvalue weighted by Gasteiger charge is -2.08. The van der Waals surface area contributed by atoms with Crippen molar-refractivity contribution < 1.29 is 23.5 Å². The van der Waals surface area contributed by atoms with Gasteiger partial charge in [-0.1, -0.05) is 30.0 Å². The van der Waals surface area contributed by atoms with Crippen molar-refractivity contribution in [1.29, 1.82) is 0 Å². The van der Waals surface area contributed by atoms with E-state index in [2.05, 4.69) is 21.6 Å². The number of benzene rings is 2. The van der Waals surface area contributed by atoms with Crippen LogP contribution in [-0.2, 0) is 16.1 Å². The molecule has 0 saturated carbocycles. The van der Waals surface area contributed by atoms with Crippen LogP contribution in [0.15, 0.2) is 52.1 Å². The summed E-state index contributed by atoms with van der Waals surface area (Å²) in [6, 6.07) is 12.5. The number of hydrogen-bond acceptors (Lipinski definition) is 8. The number of carbonyl (C=O) groups is 2. The topological polar surface area (TPSA) is 104 Å². The Labute approximate surface area is 178 Å². The van der Waals surface area contributed by atoms with E-state index in [4.69, 9.17) is 13.9 Å². The Hall–Kier alpha value is -3.33. The number of aryl methyl sites for hydroxylation is 2. The van der Waals surface area contributed by atoms with Gasteiger partial charge in [-0.25, -0.2) is 4.79 Å². The van der Waals surface area contributed by atoms with Crippen molar-refractivity contribution in [2.24, 2.45) is 0 Å². The largest absolute Gasteiger partial charge is 0.484 e. The minimum Gasteiger partial charge on any atom is -0.484 e. The zero-order chi connectivity index (χ0) is 21.5. The summed E-state index contributed by atoms with van der Waals surface area (Å²) in [5.41, 5.74) is 2.86. The van der Waals surface area contributed by atoms with Crippen LogP contribution in [-0.4, -0.2) is 34.9 Å². The molecule has 0 saturated heterocycles. The maximum absolute atomic E-state index is 12.2. The summed E-state index contributed by atoms with van der Waals surface area (Å²) in [6.07, 6.45) is 0. The average Bonchev–Trinajstić information content (AvgIpc) is 3.18. The molecule has 0 spiro atoms. The van der Waals surface area contributed by atoms with E-state index in [1.807, 2.05) is 26.0 Å². The van der Waals surface area contributed by atoms with Gasteiger partial charge in [-0.2, -0.15) is 0 Å². The number of ether oxygens (including phenoxy) is 2. The van der Waals surface area contributed by atoms with Crippen molar-refractivity contribution in [3.05, 3.63) is 65.0 Å². The predicted molar refractivity (Wildman–Crippen MR) is 112 cm³/mol. The van der Waals surface area contributed by atoms with Crippen LogP contribution in [0.1, 0.15) is 27.4 Å². The van der Waals surface area contributed by atoms with Gasteiger partial charge >= 0.3 is 5.97 Å². The molecule has 0 fully saturated rings. The molecule has 1 aromatic heterocycles. The molecular weight excluding hydrogens is 406 g/mol. The molecule has 0 bridgehead atoms. The quantitative estimate of drug-likeness (QED) is 0.428. The number of aromatic nitrogens is 2. The second kappa shape index (κ2) is 9.93. The van der Waals surface area contributed by atoms with E-state index in [0.29, 0.717) is 11.6 Å². The Bertz CT molecular complexity index is 1030. The molecule has 30 heavy (non-hydrogen) atoms. The molecule has 8 nitrogen and oxygen atoms in total. The fraction of sp³-hybridized carbons (Fsp3) is 0.238. The Morgan fingerprint density at radius 1 is 1.10 bits per heavy atom. The molecule has 2 aromatic carbocycles. The minimum absolute atomic E-state index is 0.0368. The molecular formula is C21H21N3O5S. The smallest absolute Gasteiger partial charge is 0.339 e. The third-order valence-electron chi connectivity index (χ3n) is 3.94. The first-order valence-electron chi connectivity index (χ1n) is 9.08. The van der Waals surface area contributed by atoms with Gasteiger partial charge in [-0.3, -0.25) is 4.79 Å². The van der Waals surface area contributed by atoms with Crippen molar-refractivity contribution >= 4 is 29.3 Å². The Morgan fingerprint density at radius 2 is 1.83 bits per heavy atom. The van der Waals surface area contributed by atoms with Crippen LogP contribution >= 0.6 is 11.8 Å². The summed E-state index contributed by atoms with van der Waals surface area (Å²) in [5.74, 6) is 0.234. The molecule has 156 valence electrons. The number of anilines is 1. The van der Waals surface area contributed by atoms with Crippen molar-refractivity contribution in [2.45, 2.75) is 25.7 Å². The predicted octanol–water partition coefficient (Wildman–Crippen LogP) is 3.78. The summed E-state index contributed by atoms with van der Waals surface area (Å²) in [6.45, 7) is 4.13. The Balaban J connectivity index is 1.52. The lowest BCUT2D eigenvalue weighted by Crippen LogP contribution is -2.17. The highest BCUT2D eigenvalue weighted by Crippen LogP contribution is 2.21. The molecule has 0 atom stereocenters. The fourth-order valence-electron chi connectivity index (χ4n) is 2.71. The third kappa shape index (κ3) is 5.84. The van der Waals surface area contributed by atoms with E-state index >= 15 is 0 Å². The number of para-hydroxylation sites is 1. The molecule has 0 aliphatic heterocycles. The molecule has 1 heterocycles. The average molecular weight is 427 g/mol. The van der Waals surface area contributed by atoms with Gasteiger partial charge in [-0.05, 0) is 49.2 Å². The van der Waals surface area contributed by atoms with Gasteiger partial charge in [0, 0.05) is 0 Å². The molecule has 0 unspecified atom stereocenters. The highest BCUT2D eigenvalue weighted by Gasteiger charge is 2.15. The van der Waals surface area contributed by atoms with Gasteiger partial charge in [0.25, 0.3) is 11.1 Å². The molecule has 1 amide bonds. The van der Waals surface area contributed by atoms with Gasteiger partial charge in [0.1, 0.15) is 5.75 Å². The first-order valence-corrected chi connectivity index (χ1v) is 10.1. The van der Waals surface area contributed by atoms with Crippen LogP contribution in [0.5, 0.6) is 5.75 Å². The van der Waals surface area contributed by atoms with Gasteiger partial charge in [-0.15, -0.1) is 10.2 Å². The fourth-order valence-corrected chi connectivity index (χ4v) is 3.29. The lowest BCUT2D eigenvalue weighted by atomic mass is 10.1. The van der Waals surface area contributed by atoms with Gasteiger partial charge in [0.2, 0.25) is 5.91 Å². The first kappa shape index (κ1) is 21.4. The molecule has 0 aliphatic rings. The number of esters is 1. The number of hydrogen-bond donors (Lipinski definition) is 1. The Morgan fingerprint density at radius 3 is 2.57 bits per heavy atom. The molecule has 3 aromatic rings. The number of nitrogens with one attached hydrogen (secondary N) is 1. The van der Waals surface area contributed by atoms with Crippen molar-refractivity contribution in [2.75, 3.05) is 18.2 Å². The van der Waals surface area contributed by atoms with E-state index in [1.54, 1.807) is 24.3 Å². The van der Waals surface area contributed by atoms with E-state index in [-0.39, 0.29) is 29.1 Å². The molecule has 9 heteroatoms. The van der Waals surface area contributed by atoms with Crippen LogP contribution < -0.4 is 10.1 Å². The highest BCUT2D eigenvalue weighted by molar-refractivity contribution is 7.99. The lowest BCUT2D eigenvalue weighted by molar-refractivity contribution is -0.113. The Kier molecular flexibility index (Phi) is 7.08. The number of rotatable bonds is 8. The number of amides is 1. The zero-order valence-electron chi connectivity index (χ0n) is 16.8. The zero-order valence-corrected chi connectivity index (χ0v) is 17.6. The van der Waals surface area contributed by atoms with E-state index in [9.17, 15) is 9.59 Å². The molecule has 3 rings (SSSR count). The molecule has 1 N–H and O–H groups in total. The van der Waals surface area contributed by atoms with Crippen molar-refractivity contribution in [3.8, 4) is 5.75 Å². The number of nitrogens with zero attached hydrogens (tertiary/aromatic N) is 2. The first-order chi connectivity index (χ1) is 14.4. The van der Waals surface area contributed by atoms with Crippen molar-refractivity contribution in [1.82, 2.24) is 10.2 Å². The third-order valence-corrected chi connectivity index (χ3v) is 4.76. The van der Waals surface area contributed by atoms with Crippen LogP contribution in [0.2, 0.25) is 0 Å². The van der Waals surface area contributed by atoms with Crippen LogP contribution in [0.25, 0.3) is 0 Å². The number of methoxy groups -OCH3 is 1. The van der Waals surface area contributed by atoms with Gasteiger partial charge in [0.05, 0.1) is 24.1 Å². The summed E-state index contributed by atoms with van der Waals surface area (Å²) in [4.78, 5) is 24.0. The normalized spacial score (nSPS) is 10.5. The van der Waals surface area contributed by atoms with Crippen LogP contribution in [0, 0.1) is 13.8 Å². The maximum Gasteiger partial charge on any atom is 0.339 e. The van der Waals surface area contributed by atoms with E-state index < -0.39 is 5.97 Å².